The van der Waals surface area contributed by atoms with E-state index >= 15 is 0 Å². The van der Waals surface area contributed by atoms with Gasteiger partial charge < -0.3 is 14.2 Å². The summed E-state index contributed by atoms with van der Waals surface area (Å²) in [5, 5.41) is 0. The molecule has 0 bridgehead atoms. The number of fused-ring (bicyclic) bond motifs is 1. The van der Waals surface area contributed by atoms with Gasteiger partial charge in [-0.1, -0.05) is 70.1 Å². The number of imidazole rings is 1. The molecule has 1 atom stereocenters. The van der Waals surface area contributed by atoms with E-state index in [2.05, 4.69) is 29.7 Å². The molecule has 1 aliphatic heterocycles. The normalized spacial score (nSPS) is 16.1. The Morgan fingerprint density at radius 1 is 0.970 bits per heavy atom. The second-order valence-electron chi connectivity index (χ2n) is 9.19. The van der Waals surface area contributed by atoms with Crippen LogP contribution in [0.15, 0.2) is 48.5 Å². The topological polar surface area (TPSA) is 47.4 Å². The number of aromatic nitrogens is 2. The number of para-hydroxylation sites is 2. The van der Waals surface area contributed by atoms with Crippen LogP contribution in [0.2, 0.25) is 0 Å². The van der Waals surface area contributed by atoms with Crippen LogP contribution in [-0.4, -0.2) is 29.1 Å². The lowest BCUT2D eigenvalue weighted by atomic mass is 10.1. The summed E-state index contributed by atoms with van der Waals surface area (Å²) in [5.41, 5.74) is 3.11. The number of ether oxygens (including phenoxy) is 1. The molecule has 2 heterocycles. The molecule has 1 amide bonds. The molecular weight excluding hydrogens is 410 g/mol. The van der Waals surface area contributed by atoms with Crippen LogP contribution in [0.5, 0.6) is 5.75 Å². The Hall–Kier alpha value is -2.82. The first kappa shape index (κ1) is 23.3. The molecule has 1 aliphatic rings. The lowest BCUT2D eigenvalue weighted by Crippen LogP contribution is -2.24. The van der Waals surface area contributed by atoms with E-state index in [0.29, 0.717) is 13.0 Å². The highest BCUT2D eigenvalue weighted by atomic mass is 16.5. The van der Waals surface area contributed by atoms with Crippen LogP contribution in [0.4, 0.5) is 5.69 Å². The van der Waals surface area contributed by atoms with Gasteiger partial charge in [0.2, 0.25) is 5.91 Å². The summed E-state index contributed by atoms with van der Waals surface area (Å²) in [4.78, 5) is 19.8. The third-order valence-corrected chi connectivity index (χ3v) is 6.77. The number of carbonyl (C=O) groups is 1. The molecule has 3 aromatic rings. The Bertz CT molecular complexity index is 1060. The van der Waals surface area contributed by atoms with Gasteiger partial charge in [0.1, 0.15) is 11.6 Å². The average Bonchev–Trinajstić information content (AvgIpc) is 3.41. The van der Waals surface area contributed by atoms with Crippen LogP contribution >= 0.6 is 0 Å². The minimum atomic E-state index is 0.102. The van der Waals surface area contributed by atoms with Crippen molar-refractivity contribution in [1.29, 1.82) is 0 Å². The van der Waals surface area contributed by atoms with Gasteiger partial charge in [-0.25, -0.2) is 4.98 Å². The molecule has 176 valence electrons. The van der Waals surface area contributed by atoms with E-state index < -0.39 is 0 Å². The highest BCUT2D eigenvalue weighted by Crippen LogP contribution is 2.34. The van der Waals surface area contributed by atoms with Gasteiger partial charge >= 0.3 is 0 Å². The van der Waals surface area contributed by atoms with E-state index in [0.717, 1.165) is 35.7 Å². The smallest absolute Gasteiger partial charge is 0.227 e. The molecule has 1 fully saturated rings. The Balaban J connectivity index is 1.45. The molecule has 0 N–H and O–H groups in total. The summed E-state index contributed by atoms with van der Waals surface area (Å²) in [7, 11) is 1.65. The molecular formula is C28H37N3O2. The van der Waals surface area contributed by atoms with Crippen molar-refractivity contribution in [3.8, 4) is 5.75 Å². The van der Waals surface area contributed by atoms with Crippen molar-refractivity contribution in [2.45, 2.75) is 77.2 Å². The number of benzene rings is 2. The van der Waals surface area contributed by atoms with Gasteiger partial charge in [0.25, 0.3) is 0 Å². The van der Waals surface area contributed by atoms with Gasteiger partial charge in [-0.2, -0.15) is 0 Å². The molecule has 2 aromatic carbocycles. The van der Waals surface area contributed by atoms with E-state index in [4.69, 9.17) is 9.72 Å². The standard InChI is InChI=1S/C28H37N3O2/c1-3-4-5-6-7-8-9-12-18-30-26-17-11-10-16-25(26)29-28(30)22-19-27(32)31(21-22)23-14-13-15-24(20-23)33-2/h10-11,13-17,20,22H,3-9,12,18-19,21H2,1-2H3. The second-order valence-corrected chi connectivity index (χ2v) is 9.19. The maximum absolute atomic E-state index is 12.9. The zero-order valence-corrected chi connectivity index (χ0v) is 20.1. The molecule has 1 aromatic heterocycles. The maximum atomic E-state index is 12.9. The monoisotopic (exact) mass is 447 g/mol. The summed E-state index contributed by atoms with van der Waals surface area (Å²) < 4.78 is 7.73. The number of amides is 1. The predicted molar refractivity (Wildman–Crippen MR) is 135 cm³/mol. The first-order valence-corrected chi connectivity index (χ1v) is 12.6. The molecule has 1 unspecified atom stereocenters. The van der Waals surface area contributed by atoms with E-state index in [-0.39, 0.29) is 11.8 Å². The second kappa shape index (κ2) is 11.4. The van der Waals surface area contributed by atoms with Gasteiger partial charge in [0.05, 0.1) is 18.1 Å². The molecule has 33 heavy (non-hydrogen) atoms. The molecule has 1 saturated heterocycles. The zero-order valence-electron chi connectivity index (χ0n) is 20.1. The molecule has 0 saturated carbocycles. The number of rotatable bonds is 12. The minimum Gasteiger partial charge on any atom is -0.497 e. The van der Waals surface area contributed by atoms with Crippen molar-refractivity contribution in [3.05, 3.63) is 54.4 Å². The lowest BCUT2D eigenvalue weighted by molar-refractivity contribution is -0.117. The van der Waals surface area contributed by atoms with Gasteiger partial charge in [-0.05, 0) is 30.7 Å². The predicted octanol–water partition coefficient (Wildman–Crippen LogP) is 6.71. The first-order valence-electron chi connectivity index (χ1n) is 12.6. The largest absolute Gasteiger partial charge is 0.497 e. The third kappa shape index (κ3) is 5.58. The fourth-order valence-corrected chi connectivity index (χ4v) is 4.95. The van der Waals surface area contributed by atoms with E-state index in [1.165, 1.54) is 50.5 Å². The van der Waals surface area contributed by atoms with Crippen molar-refractivity contribution in [3.63, 3.8) is 0 Å². The summed E-state index contributed by atoms with van der Waals surface area (Å²) in [6, 6.07) is 16.1. The Morgan fingerprint density at radius 2 is 1.73 bits per heavy atom. The quantitative estimate of drug-likeness (QED) is 0.290. The van der Waals surface area contributed by atoms with Crippen LogP contribution in [0.25, 0.3) is 11.0 Å². The van der Waals surface area contributed by atoms with Crippen molar-refractivity contribution < 1.29 is 9.53 Å². The van der Waals surface area contributed by atoms with Crippen LogP contribution < -0.4 is 9.64 Å². The van der Waals surface area contributed by atoms with Crippen LogP contribution in [0.1, 0.15) is 76.5 Å². The lowest BCUT2D eigenvalue weighted by Gasteiger charge is -2.18. The van der Waals surface area contributed by atoms with Crippen molar-refractivity contribution in [2.24, 2.45) is 0 Å². The van der Waals surface area contributed by atoms with Crippen molar-refractivity contribution >= 4 is 22.6 Å². The number of nitrogens with zero attached hydrogens (tertiary/aromatic N) is 3. The van der Waals surface area contributed by atoms with Gasteiger partial charge in [0.15, 0.2) is 0 Å². The average molecular weight is 448 g/mol. The van der Waals surface area contributed by atoms with Crippen molar-refractivity contribution in [1.82, 2.24) is 9.55 Å². The Kier molecular flexibility index (Phi) is 8.03. The molecule has 0 radical (unpaired) electrons. The number of anilines is 1. The van der Waals surface area contributed by atoms with E-state index in [9.17, 15) is 4.79 Å². The zero-order chi connectivity index (χ0) is 23.0. The number of hydrogen-bond donors (Lipinski definition) is 0. The number of hydrogen-bond acceptors (Lipinski definition) is 3. The van der Waals surface area contributed by atoms with E-state index in [1.807, 2.05) is 35.2 Å². The number of carbonyl (C=O) groups excluding carboxylic acids is 1. The number of unbranched alkanes of at least 4 members (excludes halogenated alkanes) is 7. The molecule has 0 aliphatic carbocycles. The van der Waals surface area contributed by atoms with Crippen LogP contribution in [0.3, 0.4) is 0 Å². The molecule has 4 rings (SSSR count). The Labute approximate surface area is 197 Å². The molecule has 5 nitrogen and oxygen atoms in total. The first-order chi connectivity index (χ1) is 16.2. The van der Waals surface area contributed by atoms with Gasteiger partial charge in [-0.15, -0.1) is 0 Å². The maximum Gasteiger partial charge on any atom is 0.227 e. The van der Waals surface area contributed by atoms with Crippen LogP contribution in [0, 0.1) is 0 Å². The van der Waals surface area contributed by atoms with Crippen LogP contribution in [-0.2, 0) is 11.3 Å². The van der Waals surface area contributed by atoms with Gasteiger partial charge in [-0.3, -0.25) is 4.79 Å². The SMILES string of the molecule is CCCCCCCCCCn1c(C2CC(=O)N(c3cccc(OC)c3)C2)nc2ccccc21. The highest BCUT2D eigenvalue weighted by molar-refractivity contribution is 5.96. The van der Waals surface area contributed by atoms with Crippen molar-refractivity contribution in [2.75, 3.05) is 18.6 Å². The number of methoxy groups -OCH3 is 1. The fraction of sp³-hybridized carbons (Fsp3) is 0.500. The molecule has 0 spiro atoms. The summed E-state index contributed by atoms with van der Waals surface area (Å²) in [6.07, 6.45) is 10.9. The Morgan fingerprint density at radius 3 is 2.52 bits per heavy atom. The summed E-state index contributed by atoms with van der Waals surface area (Å²) in [6.45, 7) is 3.89. The van der Waals surface area contributed by atoms with E-state index in [1.54, 1.807) is 7.11 Å². The summed E-state index contributed by atoms with van der Waals surface area (Å²) in [5.74, 6) is 2.08. The van der Waals surface area contributed by atoms with Gasteiger partial charge in [0, 0.05) is 37.2 Å². The minimum absolute atomic E-state index is 0.102. The number of aryl methyl sites for hydroxylation is 1. The highest BCUT2D eigenvalue weighted by Gasteiger charge is 2.34. The summed E-state index contributed by atoms with van der Waals surface area (Å²) >= 11 is 0. The third-order valence-electron chi connectivity index (χ3n) is 6.77. The fourth-order valence-electron chi connectivity index (χ4n) is 4.95. The molecule has 5 heteroatoms.